The predicted molar refractivity (Wildman–Crippen MR) is 134 cm³/mol. The average molecular weight is 503 g/mol. The van der Waals surface area contributed by atoms with E-state index in [1.54, 1.807) is 12.1 Å². The van der Waals surface area contributed by atoms with E-state index in [-0.39, 0.29) is 19.6 Å². The maximum absolute atomic E-state index is 6.38. The quantitative estimate of drug-likeness (QED) is 0.431. The molecule has 168 valence electrons. The Balaban J connectivity index is 0.00000272. The molecule has 0 amide bonds. The molecule has 2 N–H and O–H groups in total. The van der Waals surface area contributed by atoms with Gasteiger partial charge in [0.2, 0.25) is 5.95 Å². The number of rotatable bonds is 6. The summed E-state index contributed by atoms with van der Waals surface area (Å²) in [4.78, 5) is 14.5. The molecule has 1 atom stereocenters. The molecule has 0 saturated carbocycles. The first-order valence-corrected chi connectivity index (χ1v) is 11.2. The number of halogens is 3. The minimum absolute atomic E-state index is 0. The van der Waals surface area contributed by atoms with Crippen molar-refractivity contribution in [2.45, 2.75) is 45.4 Å². The first-order valence-electron chi connectivity index (χ1n) is 10.0. The van der Waals surface area contributed by atoms with Gasteiger partial charge in [-0.05, 0) is 51.0 Å². The number of H-pyrrole nitrogens is 1. The summed E-state index contributed by atoms with van der Waals surface area (Å²) >= 11 is 18.6. The summed E-state index contributed by atoms with van der Waals surface area (Å²) < 4.78 is 5.93. The standard InChI is InChI=1S/C21H24Cl3N5O.H2S/c1-12(2)30-19-13(8-14(22)9-16(19)23)10-25-15-4-3-7-29(11-15)21-26-17-5-6-18(24)27-20(17)28-21;/h5-6,8-9,12,15,25H,3-4,7,10-11H2,1-2H3,(H,26,27,28);1H2/t15-;/m0./s1. The number of nitrogens with one attached hydrogen (secondary N) is 2. The molecule has 6 nitrogen and oxygen atoms in total. The number of hydrogen-bond donors (Lipinski definition) is 2. The van der Waals surface area contributed by atoms with Gasteiger partial charge < -0.3 is 19.9 Å². The summed E-state index contributed by atoms with van der Waals surface area (Å²) in [6, 6.07) is 7.59. The van der Waals surface area contributed by atoms with Crippen LogP contribution in [-0.2, 0) is 6.54 Å². The molecule has 0 bridgehead atoms. The van der Waals surface area contributed by atoms with Crippen LogP contribution >= 0.6 is 48.3 Å². The van der Waals surface area contributed by atoms with Gasteiger partial charge in [0.05, 0.1) is 16.6 Å². The lowest BCUT2D eigenvalue weighted by Crippen LogP contribution is -2.46. The molecule has 1 fully saturated rings. The van der Waals surface area contributed by atoms with Crippen molar-refractivity contribution < 1.29 is 4.74 Å². The molecular formula is C21H26Cl3N5OS. The topological polar surface area (TPSA) is 66.1 Å². The van der Waals surface area contributed by atoms with Crippen molar-refractivity contribution in [1.82, 2.24) is 20.3 Å². The van der Waals surface area contributed by atoms with Crippen LogP contribution in [0.5, 0.6) is 5.75 Å². The Morgan fingerprint density at radius 1 is 1.23 bits per heavy atom. The van der Waals surface area contributed by atoms with E-state index in [1.807, 2.05) is 26.0 Å². The summed E-state index contributed by atoms with van der Waals surface area (Å²) in [6.07, 6.45) is 2.17. The highest BCUT2D eigenvalue weighted by atomic mass is 35.5. The fourth-order valence-corrected chi connectivity index (χ4v) is 4.43. The number of anilines is 1. The second-order valence-electron chi connectivity index (χ2n) is 7.77. The SMILES string of the molecule is CC(C)Oc1c(Cl)cc(Cl)cc1CN[C@H]1CCCN(c2nc3nc(Cl)ccc3[nH]2)C1.S. The number of imidazole rings is 1. The number of benzene rings is 1. The van der Waals surface area contributed by atoms with Crippen molar-refractivity contribution in [2.24, 2.45) is 0 Å². The van der Waals surface area contributed by atoms with Crippen molar-refractivity contribution >= 4 is 65.4 Å². The Morgan fingerprint density at radius 3 is 2.81 bits per heavy atom. The van der Waals surface area contributed by atoms with Crippen LogP contribution in [0.3, 0.4) is 0 Å². The molecule has 0 radical (unpaired) electrons. The molecule has 10 heteroatoms. The zero-order valence-corrected chi connectivity index (χ0v) is 20.7. The highest BCUT2D eigenvalue weighted by molar-refractivity contribution is 7.59. The molecule has 0 spiro atoms. The van der Waals surface area contributed by atoms with Crippen LogP contribution in [0.25, 0.3) is 11.2 Å². The largest absolute Gasteiger partial charge is 0.489 e. The third-order valence-electron chi connectivity index (χ3n) is 5.04. The van der Waals surface area contributed by atoms with E-state index in [2.05, 4.69) is 25.2 Å². The number of pyridine rings is 1. The van der Waals surface area contributed by atoms with E-state index < -0.39 is 0 Å². The molecule has 31 heavy (non-hydrogen) atoms. The van der Waals surface area contributed by atoms with Gasteiger partial charge in [0, 0.05) is 36.3 Å². The van der Waals surface area contributed by atoms with E-state index in [1.165, 1.54) is 0 Å². The number of hydrogen-bond acceptors (Lipinski definition) is 5. The second kappa shape index (κ2) is 10.5. The molecule has 3 aromatic rings. The minimum atomic E-state index is 0. The lowest BCUT2D eigenvalue weighted by Gasteiger charge is -2.33. The summed E-state index contributed by atoms with van der Waals surface area (Å²) in [5, 5.41) is 5.21. The van der Waals surface area contributed by atoms with E-state index >= 15 is 0 Å². The lowest BCUT2D eigenvalue weighted by molar-refractivity contribution is 0.239. The summed E-state index contributed by atoms with van der Waals surface area (Å²) in [7, 11) is 0. The van der Waals surface area contributed by atoms with Crippen LogP contribution in [0, 0.1) is 0 Å². The number of piperidine rings is 1. The van der Waals surface area contributed by atoms with Crippen LogP contribution in [0.1, 0.15) is 32.3 Å². The third-order valence-corrected chi connectivity index (χ3v) is 5.75. The van der Waals surface area contributed by atoms with E-state index in [0.717, 1.165) is 43.0 Å². The molecule has 0 aliphatic carbocycles. The number of aromatic amines is 1. The van der Waals surface area contributed by atoms with E-state index in [4.69, 9.17) is 39.5 Å². The summed E-state index contributed by atoms with van der Waals surface area (Å²) in [5.41, 5.74) is 2.48. The van der Waals surface area contributed by atoms with Gasteiger partial charge in [-0.3, -0.25) is 0 Å². The molecule has 1 aliphatic rings. The molecule has 1 aliphatic heterocycles. The molecule has 1 aromatic carbocycles. The normalized spacial score (nSPS) is 16.6. The van der Waals surface area contributed by atoms with Crippen LogP contribution in [0.2, 0.25) is 15.2 Å². The van der Waals surface area contributed by atoms with E-state index in [0.29, 0.717) is 39.2 Å². The zero-order valence-electron chi connectivity index (χ0n) is 17.4. The van der Waals surface area contributed by atoms with E-state index in [9.17, 15) is 0 Å². The van der Waals surface area contributed by atoms with Gasteiger partial charge in [0.15, 0.2) is 5.65 Å². The fourth-order valence-electron chi connectivity index (χ4n) is 3.71. The van der Waals surface area contributed by atoms with Crippen molar-refractivity contribution in [2.75, 3.05) is 18.0 Å². The molecular weight excluding hydrogens is 477 g/mol. The number of ether oxygens (including phenoxy) is 1. The van der Waals surface area contributed by atoms with Gasteiger partial charge in [-0.2, -0.15) is 18.5 Å². The van der Waals surface area contributed by atoms with Crippen LogP contribution < -0.4 is 15.0 Å². The van der Waals surface area contributed by atoms with Gasteiger partial charge in [-0.1, -0.05) is 34.8 Å². The van der Waals surface area contributed by atoms with Crippen LogP contribution in [-0.4, -0.2) is 40.2 Å². The van der Waals surface area contributed by atoms with Crippen LogP contribution in [0.4, 0.5) is 5.95 Å². The third kappa shape index (κ3) is 5.90. The Bertz CT molecular complexity index is 1050. The molecule has 2 aromatic heterocycles. The summed E-state index contributed by atoms with van der Waals surface area (Å²) in [5.74, 6) is 1.51. The Hall–Kier alpha value is -1.38. The smallest absolute Gasteiger partial charge is 0.205 e. The molecule has 4 rings (SSSR count). The second-order valence-corrected chi connectivity index (χ2v) is 9.00. The minimum Gasteiger partial charge on any atom is -0.489 e. The summed E-state index contributed by atoms with van der Waals surface area (Å²) in [6.45, 7) is 6.36. The number of nitrogens with zero attached hydrogens (tertiary/aromatic N) is 3. The van der Waals surface area contributed by atoms with Crippen molar-refractivity contribution in [3.63, 3.8) is 0 Å². The number of fused-ring (bicyclic) bond motifs is 1. The Morgan fingerprint density at radius 2 is 2.03 bits per heavy atom. The van der Waals surface area contributed by atoms with Crippen molar-refractivity contribution in [3.8, 4) is 5.75 Å². The number of aromatic nitrogens is 3. The zero-order chi connectivity index (χ0) is 21.3. The monoisotopic (exact) mass is 501 g/mol. The molecule has 1 saturated heterocycles. The highest BCUT2D eigenvalue weighted by Gasteiger charge is 2.23. The van der Waals surface area contributed by atoms with Crippen LogP contribution in [0.15, 0.2) is 24.3 Å². The first-order chi connectivity index (χ1) is 14.4. The van der Waals surface area contributed by atoms with Crippen molar-refractivity contribution in [3.05, 3.63) is 45.0 Å². The van der Waals surface area contributed by atoms with Gasteiger partial charge in [-0.25, -0.2) is 4.98 Å². The van der Waals surface area contributed by atoms with Gasteiger partial charge in [-0.15, -0.1) is 0 Å². The van der Waals surface area contributed by atoms with Gasteiger partial charge >= 0.3 is 0 Å². The first kappa shape index (κ1) is 24.3. The van der Waals surface area contributed by atoms with Gasteiger partial charge in [0.1, 0.15) is 10.9 Å². The average Bonchev–Trinajstić information content (AvgIpc) is 3.12. The highest BCUT2D eigenvalue weighted by Crippen LogP contribution is 2.33. The predicted octanol–water partition coefficient (Wildman–Crippen LogP) is 5.58. The fraction of sp³-hybridized carbons (Fsp3) is 0.429. The molecule has 0 unspecified atom stereocenters. The molecule has 3 heterocycles. The lowest BCUT2D eigenvalue weighted by atomic mass is 10.1. The Labute approximate surface area is 204 Å². The maximum atomic E-state index is 6.38. The maximum Gasteiger partial charge on any atom is 0.205 e. The van der Waals surface area contributed by atoms with Gasteiger partial charge in [0.25, 0.3) is 0 Å². The Kier molecular flexibility index (Phi) is 8.21. The van der Waals surface area contributed by atoms with Crippen molar-refractivity contribution in [1.29, 1.82) is 0 Å².